The first kappa shape index (κ1) is 19.5. The van der Waals surface area contributed by atoms with Crippen LogP contribution in [0.15, 0.2) is 60.9 Å². The Morgan fingerprint density at radius 3 is 2.46 bits per heavy atom. The quantitative estimate of drug-likeness (QED) is 0.600. The van der Waals surface area contributed by atoms with Crippen molar-refractivity contribution in [2.75, 3.05) is 27.8 Å². The molecule has 6 nitrogen and oxygen atoms in total. The SMILES string of the molecule is COc1ccc(CCCN(C)C(=O)c2ccc(-n3cccn3)cc2)cc1OC. The van der Waals surface area contributed by atoms with Gasteiger partial charge in [-0.1, -0.05) is 6.07 Å². The number of carbonyl (C=O) groups excluding carboxylic acids is 1. The maximum Gasteiger partial charge on any atom is 0.253 e. The summed E-state index contributed by atoms with van der Waals surface area (Å²) in [7, 11) is 5.09. The smallest absolute Gasteiger partial charge is 0.253 e. The second-order valence-corrected chi connectivity index (χ2v) is 6.52. The van der Waals surface area contributed by atoms with Gasteiger partial charge in [0.2, 0.25) is 0 Å². The number of ether oxygens (including phenoxy) is 2. The van der Waals surface area contributed by atoms with Crippen LogP contribution in [-0.4, -0.2) is 48.4 Å². The van der Waals surface area contributed by atoms with Gasteiger partial charge in [-0.25, -0.2) is 4.68 Å². The Bertz CT molecular complexity index is 905. The van der Waals surface area contributed by atoms with Crippen molar-refractivity contribution in [1.82, 2.24) is 14.7 Å². The van der Waals surface area contributed by atoms with E-state index in [-0.39, 0.29) is 5.91 Å². The van der Waals surface area contributed by atoms with E-state index in [1.165, 1.54) is 0 Å². The van der Waals surface area contributed by atoms with Gasteiger partial charge >= 0.3 is 0 Å². The van der Waals surface area contributed by atoms with E-state index in [0.717, 1.165) is 35.6 Å². The summed E-state index contributed by atoms with van der Waals surface area (Å²) in [4.78, 5) is 14.4. The summed E-state index contributed by atoms with van der Waals surface area (Å²) in [6.45, 7) is 0.675. The monoisotopic (exact) mass is 379 g/mol. The number of benzene rings is 2. The van der Waals surface area contributed by atoms with Crippen LogP contribution in [0.1, 0.15) is 22.3 Å². The van der Waals surface area contributed by atoms with E-state index in [1.54, 1.807) is 30.0 Å². The summed E-state index contributed by atoms with van der Waals surface area (Å²) < 4.78 is 12.4. The summed E-state index contributed by atoms with van der Waals surface area (Å²) in [6, 6.07) is 15.3. The molecule has 0 unspecified atom stereocenters. The molecular formula is C22H25N3O3. The van der Waals surface area contributed by atoms with Gasteiger partial charge in [0.15, 0.2) is 11.5 Å². The van der Waals surface area contributed by atoms with E-state index in [0.29, 0.717) is 12.1 Å². The van der Waals surface area contributed by atoms with Crippen LogP contribution in [0.5, 0.6) is 11.5 Å². The Kier molecular flexibility index (Phi) is 6.32. The molecular weight excluding hydrogens is 354 g/mol. The van der Waals surface area contributed by atoms with Crippen LogP contribution in [0, 0.1) is 0 Å². The number of aromatic nitrogens is 2. The minimum absolute atomic E-state index is 0.0133. The van der Waals surface area contributed by atoms with Crippen molar-refractivity contribution in [2.24, 2.45) is 0 Å². The van der Waals surface area contributed by atoms with Crippen molar-refractivity contribution >= 4 is 5.91 Å². The van der Waals surface area contributed by atoms with Crippen LogP contribution >= 0.6 is 0 Å². The first-order valence-corrected chi connectivity index (χ1v) is 9.19. The molecule has 2 aromatic carbocycles. The van der Waals surface area contributed by atoms with Gasteiger partial charge in [-0.15, -0.1) is 0 Å². The summed E-state index contributed by atoms with van der Waals surface area (Å²) in [5.41, 5.74) is 2.75. The minimum atomic E-state index is 0.0133. The normalized spacial score (nSPS) is 10.5. The zero-order valence-electron chi connectivity index (χ0n) is 16.5. The van der Waals surface area contributed by atoms with Gasteiger partial charge in [-0.2, -0.15) is 5.10 Å². The Hall–Kier alpha value is -3.28. The standard InChI is InChI=1S/C22H25N3O3/c1-24(14-4-6-17-7-12-20(27-2)21(16-17)28-3)22(26)18-8-10-19(11-9-18)25-15-5-13-23-25/h5,7-13,15-16H,4,6,14H2,1-3H3. The third-order valence-electron chi connectivity index (χ3n) is 4.64. The lowest BCUT2D eigenvalue weighted by atomic mass is 10.1. The van der Waals surface area contributed by atoms with Crippen molar-refractivity contribution in [2.45, 2.75) is 12.8 Å². The van der Waals surface area contributed by atoms with Crippen LogP contribution in [0.25, 0.3) is 5.69 Å². The van der Waals surface area contributed by atoms with Crippen LogP contribution < -0.4 is 9.47 Å². The maximum atomic E-state index is 12.6. The van der Waals surface area contributed by atoms with Gasteiger partial charge in [-0.3, -0.25) is 4.79 Å². The van der Waals surface area contributed by atoms with Gasteiger partial charge in [0.05, 0.1) is 19.9 Å². The molecule has 1 aromatic heterocycles. The average Bonchev–Trinajstić information content (AvgIpc) is 3.28. The first-order valence-electron chi connectivity index (χ1n) is 9.19. The zero-order valence-corrected chi connectivity index (χ0v) is 16.5. The van der Waals surface area contributed by atoms with Gasteiger partial charge in [-0.05, 0) is 60.9 Å². The Morgan fingerprint density at radius 1 is 1.07 bits per heavy atom. The van der Waals surface area contributed by atoms with Gasteiger partial charge in [0.1, 0.15) is 0 Å². The molecule has 0 radical (unpaired) electrons. The molecule has 3 aromatic rings. The minimum Gasteiger partial charge on any atom is -0.493 e. The molecule has 6 heteroatoms. The molecule has 28 heavy (non-hydrogen) atoms. The van der Waals surface area contributed by atoms with Crippen LogP contribution in [0.4, 0.5) is 0 Å². The maximum absolute atomic E-state index is 12.6. The fourth-order valence-electron chi connectivity index (χ4n) is 3.06. The highest BCUT2D eigenvalue weighted by atomic mass is 16.5. The average molecular weight is 379 g/mol. The molecule has 146 valence electrons. The van der Waals surface area contributed by atoms with Crippen molar-refractivity contribution in [3.05, 3.63) is 72.1 Å². The van der Waals surface area contributed by atoms with Crippen LogP contribution in [0.3, 0.4) is 0 Å². The fraction of sp³-hybridized carbons (Fsp3) is 0.273. The summed E-state index contributed by atoms with van der Waals surface area (Å²) in [5, 5.41) is 4.19. The Labute approximate surface area is 165 Å². The molecule has 1 heterocycles. The van der Waals surface area contributed by atoms with E-state index < -0.39 is 0 Å². The third-order valence-corrected chi connectivity index (χ3v) is 4.64. The lowest BCUT2D eigenvalue weighted by molar-refractivity contribution is 0.0793. The van der Waals surface area contributed by atoms with Crippen molar-refractivity contribution < 1.29 is 14.3 Å². The summed E-state index contributed by atoms with van der Waals surface area (Å²) in [6.07, 6.45) is 5.32. The molecule has 0 N–H and O–H groups in total. The lowest BCUT2D eigenvalue weighted by Crippen LogP contribution is -2.28. The topological polar surface area (TPSA) is 56.6 Å². The molecule has 0 bridgehead atoms. The molecule has 0 spiro atoms. The second kappa shape index (κ2) is 9.08. The number of hydrogen-bond acceptors (Lipinski definition) is 4. The van der Waals surface area contributed by atoms with Gasteiger partial charge in [0.25, 0.3) is 5.91 Å². The molecule has 0 aliphatic rings. The lowest BCUT2D eigenvalue weighted by Gasteiger charge is -2.17. The molecule has 0 atom stereocenters. The third kappa shape index (κ3) is 4.52. The van der Waals surface area contributed by atoms with E-state index in [4.69, 9.17) is 9.47 Å². The molecule has 0 aliphatic carbocycles. The molecule has 0 fully saturated rings. The van der Waals surface area contributed by atoms with Crippen molar-refractivity contribution in [1.29, 1.82) is 0 Å². The highest BCUT2D eigenvalue weighted by Gasteiger charge is 2.12. The molecule has 3 rings (SSSR count). The van der Waals surface area contributed by atoms with E-state index in [1.807, 2.05) is 61.8 Å². The number of methoxy groups -OCH3 is 2. The van der Waals surface area contributed by atoms with E-state index in [9.17, 15) is 4.79 Å². The number of amides is 1. The summed E-state index contributed by atoms with van der Waals surface area (Å²) >= 11 is 0. The Balaban J connectivity index is 1.54. The van der Waals surface area contributed by atoms with Crippen molar-refractivity contribution in [3.63, 3.8) is 0 Å². The fourth-order valence-corrected chi connectivity index (χ4v) is 3.06. The van der Waals surface area contributed by atoms with E-state index >= 15 is 0 Å². The van der Waals surface area contributed by atoms with E-state index in [2.05, 4.69) is 5.10 Å². The van der Waals surface area contributed by atoms with Gasteiger partial charge < -0.3 is 14.4 Å². The summed E-state index contributed by atoms with van der Waals surface area (Å²) in [5.74, 6) is 1.46. The predicted octanol–water partition coefficient (Wildman–Crippen LogP) is 3.59. The largest absolute Gasteiger partial charge is 0.493 e. The molecule has 1 amide bonds. The number of rotatable bonds is 8. The second-order valence-electron chi connectivity index (χ2n) is 6.52. The zero-order chi connectivity index (χ0) is 19.9. The number of hydrogen-bond donors (Lipinski definition) is 0. The number of carbonyl (C=O) groups is 1. The highest BCUT2D eigenvalue weighted by molar-refractivity contribution is 5.94. The van der Waals surface area contributed by atoms with Crippen LogP contribution in [0.2, 0.25) is 0 Å². The molecule has 0 aliphatic heterocycles. The van der Waals surface area contributed by atoms with Crippen LogP contribution in [-0.2, 0) is 6.42 Å². The van der Waals surface area contributed by atoms with Crippen molar-refractivity contribution in [3.8, 4) is 17.2 Å². The van der Waals surface area contributed by atoms with Gasteiger partial charge in [0, 0.05) is 31.5 Å². The molecule has 0 saturated carbocycles. The molecule has 0 saturated heterocycles. The predicted molar refractivity (Wildman–Crippen MR) is 108 cm³/mol. The Morgan fingerprint density at radius 2 is 1.82 bits per heavy atom. The highest BCUT2D eigenvalue weighted by Crippen LogP contribution is 2.28. The number of nitrogens with zero attached hydrogens (tertiary/aromatic N) is 3. The first-order chi connectivity index (χ1) is 13.6. The number of aryl methyl sites for hydroxylation is 1.